The molecular formula is C34H30F3N7OS. The summed E-state index contributed by atoms with van der Waals surface area (Å²) >= 11 is 1.43. The third-order valence-electron chi connectivity index (χ3n) is 7.47. The van der Waals surface area contributed by atoms with E-state index < -0.39 is 17.6 Å². The van der Waals surface area contributed by atoms with Crippen molar-refractivity contribution in [1.82, 2.24) is 19.9 Å². The summed E-state index contributed by atoms with van der Waals surface area (Å²) in [6.45, 7) is 4.10. The van der Waals surface area contributed by atoms with Gasteiger partial charge in [-0.1, -0.05) is 17.8 Å². The molecule has 0 spiro atoms. The van der Waals surface area contributed by atoms with Crippen molar-refractivity contribution in [3.8, 4) is 11.3 Å². The number of carbonyl (C=O) groups is 1. The van der Waals surface area contributed by atoms with Crippen LogP contribution in [0, 0.1) is 0 Å². The first-order valence-electron chi connectivity index (χ1n) is 14.6. The molecule has 0 unspecified atom stereocenters. The molecule has 8 nitrogen and oxygen atoms in total. The fourth-order valence-electron chi connectivity index (χ4n) is 4.94. The molecule has 0 saturated carbocycles. The maximum atomic E-state index is 13.0. The van der Waals surface area contributed by atoms with Gasteiger partial charge in [0.1, 0.15) is 5.03 Å². The van der Waals surface area contributed by atoms with Crippen molar-refractivity contribution in [1.29, 1.82) is 0 Å². The summed E-state index contributed by atoms with van der Waals surface area (Å²) in [5, 5.41) is 6.68. The minimum atomic E-state index is -4.53. The first-order chi connectivity index (χ1) is 22.2. The van der Waals surface area contributed by atoms with Crippen LogP contribution >= 0.6 is 11.8 Å². The van der Waals surface area contributed by atoms with Crippen LogP contribution in [0.5, 0.6) is 0 Å². The molecule has 3 aromatic carbocycles. The molecule has 46 heavy (non-hydrogen) atoms. The number of nitrogens with zero attached hydrogens (tertiary/aromatic N) is 5. The number of anilines is 4. The predicted octanol–water partition coefficient (Wildman–Crippen LogP) is 7.46. The largest absolute Gasteiger partial charge is 0.416 e. The molecule has 0 atom stereocenters. The number of nitrogens with one attached hydrogen (secondary N) is 2. The Hall–Kier alpha value is -4.94. The van der Waals surface area contributed by atoms with E-state index in [1.54, 1.807) is 24.5 Å². The number of carbonyl (C=O) groups excluding carboxylic acids is 1. The van der Waals surface area contributed by atoms with Gasteiger partial charge in [0.15, 0.2) is 0 Å². The van der Waals surface area contributed by atoms with Crippen LogP contribution in [0.1, 0.15) is 15.9 Å². The van der Waals surface area contributed by atoms with Crippen LogP contribution in [0.3, 0.4) is 0 Å². The molecule has 5 aromatic rings. The third-order valence-corrected chi connectivity index (χ3v) is 8.50. The number of benzene rings is 3. The van der Waals surface area contributed by atoms with Gasteiger partial charge in [0.2, 0.25) is 5.95 Å². The third kappa shape index (κ3) is 7.64. The maximum Gasteiger partial charge on any atom is 0.416 e. The molecular weight excluding hydrogens is 611 g/mol. The number of alkyl halides is 3. The standard InChI is InChI=1S/C34H30F3N7OS/c1-43-18-20-44(21-19-43)27-11-7-26(8-12-27)41-33-39-17-15-30(42-33)29-6-3-16-38-32(29)46-28-13-9-25(10-14-28)40-31(45)23-4-2-5-24(22-23)34(35,36)37/h2-17,22H,18-21H2,1H3,(H,40,45)(H,39,41,42). The molecule has 1 aliphatic heterocycles. The second-order valence-corrected chi connectivity index (χ2v) is 11.8. The summed E-state index contributed by atoms with van der Waals surface area (Å²) in [7, 11) is 2.14. The Balaban J connectivity index is 1.11. The fourth-order valence-corrected chi connectivity index (χ4v) is 5.83. The lowest BCUT2D eigenvalue weighted by atomic mass is 10.1. The predicted molar refractivity (Wildman–Crippen MR) is 175 cm³/mol. The van der Waals surface area contributed by atoms with Crippen molar-refractivity contribution < 1.29 is 18.0 Å². The van der Waals surface area contributed by atoms with E-state index in [1.165, 1.54) is 29.6 Å². The fraction of sp³-hybridized carbons (Fsp3) is 0.176. The highest BCUT2D eigenvalue weighted by molar-refractivity contribution is 7.99. The van der Waals surface area contributed by atoms with Gasteiger partial charge in [-0.15, -0.1) is 0 Å². The van der Waals surface area contributed by atoms with Crippen molar-refractivity contribution in [2.75, 3.05) is 48.8 Å². The van der Waals surface area contributed by atoms with Crippen molar-refractivity contribution in [3.63, 3.8) is 0 Å². The smallest absolute Gasteiger partial charge is 0.369 e. The summed E-state index contributed by atoms with van der Waals surface area (Å²) in [5.74, 6) is -0.164. The lowest BCUT2D eigenvalue weighted by Gasteiger charge is -2.34. The summed E-state index contributed by atoms with van der Waals surface area (Å²) in [6.07, 6.45) is -1.12. The van der Waals surface area contributed by atoms with E-state index >= 15 is 0 Å². The van der Waals surface area contributed by atoms with Gasteiger partial charge in [-0.05, 0) is 92.0 Å². The van der Waals surface area contributed by atoms with Crippen LogP contribution in [0.15, 0.2) is 113 Å². The quantitative estimate of drug-likeness (QED) is 0.181. The highest BCUT2D eigenvalue weighted by atomic mass is 32.2. The zero-order valence-electron chi connectivity index (χ0n) is 24.8. The van der Waals surface area contributed by atoms with Gasteiger partial charge < -0.3 is 20.4 Å². The number of aromatic nitrogens is 3. The van der Waals surface area contributed by atoms with E-state index in [2.05, 4.69) is 49.6 Å². The van der Waals surface area contributed by atoms with Gasteiger partial charge in [-0.25, -0.2) is 15.0 Å². The van der Waals surface area contributed by atoms with Gasteiger partial charge in [0.25, 0.3) is 5.91 Å². The summed E-state index contributed by atoms with van der Waals surface area (Å²) in [5.41, 5.74) is 3.11. The van der Waals surface area contributed by atoms with E-state index in [0.717, 1.165) is 59.5 Å². The van der Waals surface area contributed by atoms with Crippen LogP contribution in [0.4, 0.5) is 36.2 Å². The molecule has 1 fully saturated rings. The first kappa shape index (κ1) is 31.1. The minimum Gasteiger partial charge on any atom is -0.369 e. The molecule has 2 aromatic heterocycles. The Labute approximate surface area is 268 Å². The second kappa shape index (κ2) is 13.6. The second-order valence-electron chi connectivity index (χ2n) is 10.7. The van der Waals surface area contributed by atoms with Gasteiger partial charge in [-0.3, -0.25) is 4.79 Å². The number of hydrogen-bond acceptors (Lipinski definition) is 8. The highest BCUT2D eigenvalue weighted by Gasteiger charge is 2.31. The monoisotopic (exact) mass is 641 g/mol. The highest BCUT2D eigenvalue weighted by Crippen LogP contribution is 2.35. The van der Waals surface area contributed by atoms with Gasteiger partial charge >= 0.3 is 6.18 Å². The molecule has 3 heterocycles. The molecule has 6 rings (SSSR count). The SMILES string of the molecule is CN1CCN(c2ccc(Nc3nccc(-c4cccnc4Sc4ccc(NC(=O)c5cccc(C(F)(F)F)c5)cc4)n3)cc2)CC1. The van der Waals surface area contributed by atoms with Crippen LogP contribution in [-0.4, -0.2) is 59.0 Å². The van der Waals surface area contributed by atoms with Crippen molar-refractivity contribution in [3.05, 3.63) is 115 Å². The number of amides is 1. The van der Waals surface area contributed by atoms with E-state index in [1.807, 2.05) is 42.5 Å². The molecule has 1 saturated heterocycles. The average Bonchev–Trinajstić information content (AvgIpc) is 3.06. The van der Waals surface area contributed by atoms with Gasteiger partial charge in [0, 0.05) is 71.7 Å². The summed E-state index contributed by atoms with van der Waals surface area (Å²) in [6, 6.07) is 25.2. The first-order valence-corrected chi connectivity index (χ1v) is 15.4. The Morgan fingerprint density at radius 1 is 0.826 bits per heavy atom. The number of pyridine rings is 1. The number of hydrogen-bond donors (Lipinski definition) is 2. The molecule has 0 bridgehead atoms. The van der Waals surface area contributed by atoms with Gasteiger partial charge in [0.05, 0.1) is 11.3 Å². The molecule has 2 N–H and O–H groups in total. The molecule has 234 valence electrons. The zero-order valence-corrected chi connectivity index (χ0v) is 25.6. The maximum absolute atomic E-state index is 13.0. The Bertz CT molecular complexity index is 1810. The number of halogens is 3. The Morgan fingerprint density at radius 2 is 1.57 bits per heavy atom. The topological polar surface area (TPSA) is 86.3 Å². The molecule has 12 heteroatoms. The van der Waals surface area contributed by atoms with Gasteiger partial charge in [-0.2, -0.15) is 13.2 Å². The van der Waals surface area contributed by atoms with Crippen LogP contribution < -0.4 is 15.5 Å². The number of likely N-dealkylation sites (N-methyl/N-ethyl adjacent to an activating group) is 1. The minimum absolute atomic E-state index is 0.0761. The van der Waals surface area contributed by atoms with E-state index in [0.29, 0.717) is 17.3 Å². The van der Waals surface area contributed by atoms with Crippen LogP contribution in [0.2, 0.25) is 0 Å². The molecule has 0 radical (unpaired) electrons. The molecule has 1 aliphatic rings. The van der Waals surface area contributed by atoms with Crippen LogP contribution in [-0.2, 0) is 6.18 Å². The lowest BCUT2D eigenvalue weighted by Crippen LogP contribution is -2.44. The Kier molecular flexibility index (Phi) is 9.18. The number of rotatable bonds is 8. The van der Waals surface area contributed by atoms with E-state index in [-0.39, 0.29) is 5.56 Å². The van der Waals surface area contributed by atoms with E-state index in [4.69, 9.17) is 4.98 Å². The zero-order chi connectivity index (χ0) is 32.1. The normalized spacial score (nSPS) is 13.8. The van der Waals surface area contributed by atoms with Crippen LogP contribution in [0.25, 0.3) is 11.3 Å². The lowest BCUT2D eigenvalue weighted by molar-refractivity contribution is -0.137. The average molecular weight is 642 g/mol. The van der Waals surface area contributed by atoms with Crippen molar-refractivity contribution in [2.45, 2.75) is 16.1 Å². The Morgan fingerprint density at radius 3 is 2.30 bits per heavy atom. The van der Waals surface area contributed by atoms with E-state index in [9.17, 15) is 18.0 Å². The molecule has 1 amide bonds. The number of piperazine rings is 1. The van der Waals surface area contributed by atoms with Crippen molar-refractivity contribution in [2.24, 2.45) is 0 Å². The van der Waals surface area contributed by atoms with Crippen molar-refractivity contribution >= 4 is 40.7 Å². The molecule has 0 aliphatic carbocycles. The summed E-state index contributed by atoms with van der Waals surface area (Å²) < 4.78 is 39.1. The summed E-state index contributed by atoms with van der Waals surface area (Å²) in [4.78, 5) is 31.9.